The van der Waals surface area contributed by atoms with Crippen molar-refractivity contribution in [2.75, 3.05) is 17.0 Å². The van der Waals surface area contributed by atoms with Crippen molar-refractivity contribution >= 4 is 23.4 Å². The van der Waals surface area contributed by atoms with Crippen LogP contribution in [0.15, 0.2) is 11.2 Å². The van der Waals surface area contributed by atoms with E-state index in [-0.39, 0.29) is 0 Å². The van der Waals surface area contributed by atoms with Crippen LogP contribution in [-0.2, 0) is 0 Å². The Kier molecular flexibility index (Phi) is 4.52. The average Bonchev–Trinajstić information content (AvgIpc) is 2.37. The minimum absolute atomic E-state index is 0.417. The highest BCUT2D eigenvalue weighted by Crippen LogP contribution is 2.36. The van der Waals surface area contributed by atoms with Gasteiger partial charge >= 0.3 is 0 Å². The Bertz CT molecular complexity index is 413. The molecule has 0 bridgehead atoms. The van der Waals surface area contributed by atoms with Crippen LogP contribution in [0.25, 0.3) is 0 Å². The molecule has 4 N–H and O–H groups in total. The lowest BCUT2D eigenvalue weighted by Gasteiger charge is -2.35. The minimum Gasteiger partial charge on any atom is -0.367 e. The van der Waals surface area contributed by atoms with Crippen LogP contribution in [0.2, 0.25) is 0 Å². The zero-order valence-electron chi connectivity index (χ0n) is 11.9. The fraction of sp³-hybridized carbons (Fsp3) is 0.692. The van der Waals surface area contributed by atoms with Crippen molar-refractivity contribution in [3.05, 3.63) is 6.07 Å². The fourth-order valence-electron chi connectivity index (χ4n) is 2.69. The Morgan fingerprint density at radius 1 is 1.37 bits per heavy atom. The van der Waals surface area contributed by atoms with Crippen LogP contribution in [0, 0.1) is 5.41 Å². The topological polar surface area (TPSA) is 75.9 Å². The van der Waals surface area contributed by atoms with E-state index in [2.05, 4.69) is 34.6 Å². The number of nitrogens with zero attached hydrogens (tertiary/aromatic N) is 2. The maximum Gasteiger partial charge on any atom is 0.191 e. The summed E-state index contributed by atoms with van der Waals surface area (Å²) < 4.78 is 0. The third-order valence-electron chi connectivity index (χ3n) is 3.59. The summed E-state index contributed by atoms with van der Waals surface area (Å²) in [5.74, 6) is 6.95. The SMILES string of the molecule is CSc1nc(NN)cc(NC2CCCC(C)(C)C2)n1. The smallest absolute Gasteiger partial charge is 0.191 e. The summed E-state index contributed by atoms with van der Waals surface area (Å²) in [4.78, 5) is 8.75. The van der Waals surface area contributed by atoms with Crippen molar-refractivity contribution in [1.82, 2.24) is 9.97 Å². The molecule has 1 aromatic heterocycles. The molecule has 0 saturated heterocycles. The molecular weight excluding hydrogens is 258 g/mol. The van der Waals surface area contributed by atoms with E-state index in [1.54, 1.807) is 0 Å². The highest BCUT2D eigenvalue weighted by Gasteiger charge is 2.28. The predicted octanol–water partition coefficient (Wildman–Crippen LogP) is 2.86. The molecule has 2 rings (SSSR count). The molecule has 1 saturated carbocycles. The first kappa shape index (κ1) is 14.4. The van der Waals surface area contributed by atoms with Crippen molar-refractivity contribution in [3.63, 3.8) is 0 Å². The molecule has 1 unspecified atom stereocenters. The summed E-state index contributed by atoms with van der Waals surface area (Å²) in [6.45, 7) is 4.67. The van der Waals surface area contributed by atoms with E-state index in [1.165, 1.54) is 37.4 Å². The number of hydrogen-bond donors (Lipinski definition) is 3. The standard InChI is InChI=1S/C13H23N5S/c1-13(2)6-4-5-9(8-13)15-10-7-11(18-14)17-12(16-10)19-3/h7,9H,4-6,8,14H2,1-3H3,(H2,15,16,17,18). The molecule has 1 atom stereocenters. The van der Waals surface area contributed by atoms with Gasteiger partial charge < -0.3 is 10.7 Å². The van der Waals surface area contributed by atoms with Crippen LogP contribution < -0.4 is 16.6 Å². The molecule has 5 nitrogen and oxygen atoms in total. The summed E-state index contributed by atoms with van der Waals surface area (Å²) in [6.07, 6.45) is 6.92. The molecule has 19 heavy (non-hydrogen) atoms. The molecule has 1 aliphatic rings. The molecule has 0 radical (unpaired) electrons. The number of thioether (sulfide) groups is 1. The van der Waals surface area contributed by atoms with Gasteiger partial charge in [-0.15, -0.1) is 0 Å². The van der Waals surface area contributed by atoms with E-state index in [9.17, 15) is 0 Å². The Labute approximate surface area is 119 Å². The molecular formula is C13H23N5S. The Hall–Kier alpha value is -1.01. The Morgan fingerprint density at radius 2 is 2.11 bits per heavy atom. The Balaban J connectivity index is 2.09. The number of nitrogen functional groups attached to an aromatic ring is 1. The molecule has 106 valence electrons. The zero-order chi connectivity index (χ0) is 13.9. The predicted molar refractivity (Wildman–Crippen MR) is 81.3 cm³/mol. The van der Waals surface area contributed by atoms with Gasteiger partial charge in [-0.3, -0.25) is 0 Å². The Morgan fingerprint density at radius 3 is 2.74 bits per heavy atom. The first-order chi connectivity index (χ1) is 9.02. The molecule has 0 aliphatic heterocycles. The number of nitrogens with one attached hydrogen (secondary N) is 2. The molecule has 1 heterocycles. The summed E-state index contributed by atoms with van der Waals surface area (Å²) in [7, 11) is 0. The second-order valence-corrected chi connectivity index (χ2v) is 6.64. The summed E-state index contributed by atoms with van der Waals surface area (Å²) >= 11 is 1.52. The van der Waals surface area contributed by atoms with Crippen LogP contribution in [0.5, 0.6) is 0 Å². The van der Waals surface area contributed by atoms with Gasteiger partial charge in [0.15, 0.2) is 5.16 Å². The van der Waals surface area contributed by atoms with E-state index in [0.29, 0.717) is 17.3 Å². The summed E-state index contributed by atoms with van der Waals surface area (Å²) in [5, 5.41) is 4.26. The van der Waals surface area contributed by atoms with E-state index in [1.807, 2.05) is 12.3 Å². The first-order valence-corrected chi connectivity index (χ1v) is 7.91. The average molecular weight is 281 g/mol. The van der Waals surface area contributed by atoms with Crippen molar-refractivity contribution in [1.29, 1.82) is 0 Å². The number of rotatable bonds is 4. The van der Waals surface area contributed by atoms with Crippen LogP contribution in [0.4, 0.5) is 11.6 Å². The van der Waals surface area contributed by atoms with E-state index in [4.69, 9.17) is 5.84 Å². The van der Waals surface area contributed by atoms with Gasteiger partial charge in [-0.2, -0.15) is 0 Å². The molecule has 0 spiro atoms. The van der Waals surface area contributed by atoms with Gasteiger partial charge in [-0.25, -0.2) is 15.8 Å². The summed E-state index contributed by atoms with van der Waals surface area (Å²) in [5.41, 5.74) is 3.01. The largest absolute Gasteiger partial charge is 0.367 e. The van der Waals surface area contributed by atoms with Crippen molar-refractivity contribution in [2.45, 2.75) is 50.7 Å². The normalized spacial score (nSPS) is 22.0. The highest BCUT2D eigenvalue weighted by molar-refractivity contribution is 7.98. The number of hydrazine groups is 1. The van der Waals surface area contributed by atoms with Crippen LogP contribution >= 0.6 is 11.8 Å². The molecule has 1 fully saturated rings. The molecule has 1 aromatic rings. The third-order valence-corrected chi connectivity index (χ3v) is 4.14. The number of nitrogens with two attached hydrogens (primary N) is 1. The van der Waals surface area contributed by atoms with Gasteiger partial charge in [0.05, 0.1) is 0 Å². The van der Waals surface area contributed by atoms with Crippen molar-refractivity contribution in [2.24, 2.45) is 11.3 Å². The molecule has 0 aromatic carbocycles. The molecule has 6 heteroatoms. The van der Waals surface area contributed by atoms with Crippen LogP contribution in [0.1, 0.15) is 39.5 Å². The second-order valence-electron chi connectivity index (χ2n) is 5.87. The maximum atomic E-state index is 5.44. The maximum absolute atomic E-state index is 5.44. The number of aromatic nitrogens is 2. The van der Waals surface area contributed by atoms with Crippen LogP contribution in [-0.4, -0.2) is 22.3 Å². The molecule has 0 amide bonds. The monoisotopic (exact) mass is 281 g/mol. The van der Waals surface area contributed by atoms with Gasteiger partial charge in [0.2, 0.25) is 0 Å². The van der Waals surface area contributed by atoms with Crippen molar-refractivity contribution < 1.29 is 0 Å². The van der Waals surface area contributed by atoms with E-state index >= 15 is 0 Å². The number of anilines is 2. The first-order valence-electron chi connectivity index (χ1n) is 6.69. The third kappa shape index (κ3) is 3.98. The molecule has 1 aliphatic carbocycles. The van der Waals surface area contributed by atoms with Gasteiger partial charge in [-0.1, -0.05) is 32.0 Å². The van der Waals surface area contributed by atoms with Gasteiger partial charge in [-0.05, 0) is 30.9 Å². The summed E-state index contributed by atoms with van der Waals surface area (Å²) in [6, 6.07) is 2.35. The quantitative estimate of drug-likeness (QED) is 0.341. The fourth-order valence-corrected chi connectivity index (χ4v) is 3.07. The minimum atomic E-state index is 0.417. The lowest BCUT2D eigenvalue weighted by Crippen LogP contribution is -2.32. The zero-order valence-corrected chi connectivity index (χ0v) is 12.7. The van der Waals surface area contributed by atoms with E-state index in [0.717, 1.165) is 11.0 Å². The van der Waals surface area contributed by atoms with Crippen LogP contribution in [0.3, 0.4) is 0 Å². The second kappa shape index (κ2) is 5.96. The highest BCUT2D eigenvalue weighted by atomic mass is 32.2. The van der Waals surface area contributed by atoms with Gasteiger partial charge in [0.1, 0.15) is 11.6 Å². The number of hydrogen-bond acceptors (Lipinski definition) is 6. The van der Waals surface area contributed by atoms with E-state index < -0.39 is 0 Å². The van der Waals surface area contributed by atoms with Crippen molar-refractivity contribution in [3.8, 4) is 0 Å². The van der Waals surface area contributed by atoms with Gasteiger partial charge in [0.25, 0.3) is 0 Å². The lowest BCUT2D eigenvalue weighted by atomic mass is 9.75. The lowest BCUT2D eigenvalue weighted by molar-refractivity contribution is 0.229. The van der Waals surface area contributed by atoms with Gasteiger partial charge in [0, 0.05) is 12.1 Å².